The van der Waals surface area contributed by atoms with Gasteiger partial charge in [0.25, 0.3) is 5.69 Å². The maximum absolute atomic E-state index is 12.7. The summed E-state index contributed by atoms with van der Waals surface area (Å²) in [7, 11) is -3.83. The highest BCUT2D eigenvalue weighted by Gasteiger charge is 2.35. The Balaban J connectivity index is 1.78. The Kier molecular flexibility index (Phi) is 4.13. The van der Waals surface area contributed by atoms with E-state index in [1.165, 1.54) is 28.6 Å². The van der Waals surface area contributed by atoms with Gasteiger partial charge in [0, 0.05) is 51.4 Å². The summed E-state index contributed by atoms with van der Waals surface area (Å²) >= 11 is 0. The number of para-hydroxylation sites is 1. The lowest BCUT2D eigenvalue weighted by atomic mass is 10.1. The van der Waals surface area contributed by atoms with Gasteiger partial charge in [0.2, 0.25) is 10.0 Å². The molecule has 0 aliphatic carbocycles. The molecule has 0 atom stereocenters. The second-order valence-corrected chi connectivity index (χ2v) is 7.38. The van der Waals surface area contributed by atoms with Crippen molar-refractivity contribution in [2.75, 3.05) is 39.3 Å². The average molecular weight is 326 g/mol. The number of rotatable bonds is 4. The van der Waals surface area contributed by atoms with E-state index in [4.69, 9.17) is 0 Å². The molecule has 2 fully saturated rings. The highest BCUT2D eigenvalue weighted by atomic mass is 32.2. The van der Waals surface area contributed by atoms with Crippen LogP contribution in [0.3, 0.4) is 0 Å². The largest absolute Gasteiger partial charge is 0.314 e. The Bertz CT molecular complexity index is 666. The highest BCUT2D eigenvalue weighted by molar-refractivity contribution is 7.89. The van der Waals surface area contributed by atoms with Crippen molar-refractivity contribution < 1.29 is 13.3 Å². The van der Waals surface area contributed by atoms with Crippen molar-refractivity contribution in [3.8, 4) is 0 Å². The summed E-state index contributed by atoms with van der Waals surface area (Å²) in [6.45, 7) is 3.93. The third kappa shape index (κ3) is 2.72. The van der Waals surface area contributed by atoms with Crippen molar-refractivity contribution in [2.24, 2.45) is 0 Å². The standard InChI is InChI=1S/C13H18N4O4S/c18-17(19)12-3-1-2-4-13(12)22(20,21)16-7-5-15(6-8-16)11-9-14-10-11/h1-4,11,14H,5-10H2. The number of nitro groups is 1. The van der Waals surface area contributed by atoms with E-state index >= 15 is 0 Å². The first-order valence-electron chi connectivity index (χ1n) is 7.18. The van der Waals surface area contributed by atoms with E-state index in [1.807, 2.05) is 0 Å². The smallest absolute Gasteiger partial charge is 0.289 e. The highest BCUT2D eigenvalue weighted by Crippen LogP contribution is 2.27. The maximum Gasteiger partial charge on any atom is 0.289 e. The number of nitrogens with zero attached hydrogens (tertiary/aromatic N) is 3. The molecule has 2 saturated heterocycles. The molecule has 22 heavy (non-hydrogen) atoms. The van der Waals surface area contributed by atoms with Crippen LogP contribution in [0.5, 0.6) is 0 Å². The molecular weight excluding hydrogens is 308 g/mol. The number of nitro benzene ring substituents is 1. The Morgan fingerprint density at radius 2 is 1.77 bits per heavy atom. The summed E-state index contributed by atoms with van der Waals surface area (Å²) in [6.07, 6.45) is 0. The summed E-state index contributed by atoms with van der Waals surface area (Å²) in [5, 5.41) is 14.2. The van der Waals surface area contributed by atoms with Crippen molar-refractivity contribution >= 4 is 15.7 Å². The topological polar surface area (TPSA) is 95.8 Å². The van der Waals surface area contributed by atoms with Crippen molar-refractivity contribution in [3.63, 3.8) is 0 Å². The molecule has 0 amide bonds. The average Bonchev–Trinajstić information content (AvgIpc) is 2.46. The van der Waals surface area contributed by atoms with E-state index in [9.17, 15) is 18.5 Å². The lowest BCUT2D eigenvalue weighted by Gasteiger charge is -2.42. The van der Waals surface area contributed by atoms with Gasteiger partial charge in [-0.05, 0) is 6.07 Å². The Morgan fingerprint density at radius 1 is 1.14 bits per heavy atom. The number of benzene rings is 1. The van der Waals surface area contributed by atoms with Crippen molar-refractivity contribution in [1.29, 1.82) is 0 Å². The predicted octanol–water partition coefficient (Wildman–Crippen LogP) is -0.127. The molecule has 9 heteroatoms. The lowest BCUT2D eigenvalue weighted by molar-refractivity contribution is -0.387. The van der Waals surface area contributed by atoms with Gasteiger partial charge in [0.15, 0.2) is 4.90 Å². The van der Waals surface area contributed by atoms with Gasteiger partial charge in [-0.2, -0.15) is 4.31 Å². The number of hydrogen-bond acceptors (Lipinski definition) is 6. The van der Waals surface area contributed by atoms with Gasteiger partial charge in [0.1, 0.15) is 0 Å². The summed E-state index contributed by atoms with van der Waals surface area (Å²) in [4.78, 5) is 12.4. The van der Waals surface area contributed by atoms with Crippen LogP contribution in [-0.4, -0.2) is 67.9 Å². The molecule has 0 radical (unpaired) electrons. The second-order valence-electron chi connectivity index (χ2n) is 5.48. The van der Waals surface area contributed by atoms with Gasteiger partial charge < -0.3 is 5.32 Å². The first-order chi connectivity index (χ1) is 10.5. The number of sulfonamides is 1. The minimum atomic E-state index is -3.83. The molecule has 120 valence electrons. The molecule has 3 rings (SSSR count). The molecule has 0 saturated carbocycles. The van der Waals surface area contributed by atoms with Gasteiger partial charge in [-0.1, -0.05) is 12.1 Å². The van der Waals surface area contributed by atoms with E-state index < -0.39 is 14.9 Å². The van der Waals surface area contributed by atoms with Crippen LogP contribution in [0.4, 0.5) is 5.69 Å². The Labute approximate surface area is 128 Å². The quantitative estimate of drug-likeness (QED) is 0.612. The van der Waals surface area contributed by atoms with Crippen LogP contribution in [0.1, 0.15) is 0 Å². The predicted molar refractivity (Wildman–Crippen MR) is 80.1 cm³/mol. The van der Waals surface area contributed by atoms with Gasteiger partial charge in [-0.25, -0.2) is 8.42 Å². The van der Waals surface area contributed by atoms with Gasteiger partial charge in [0.05, 0.1) is 4.92 Å². The molecule has 2 heterocycles. The van der Waals surface area contributed by atoms with E-state index in [0.717, 1.165) is 13.1 Å². The molecule has 8 nitrogen and oxygen atoms in total. The van der Waals surface area contributed by atoms with Crippen molar-refractivity contribution in [2.45, 2.75) is 10.9 Å². The maximum atomic E-state index is 12.7. The van der Waals surface area contributed by atoms with Crippen molar-refractivity contribution in [3.05, 3.63) is 34.4 Å². The zero-order chi connectivity index (χ0) is 15.7. The minimum absolute atomic E-state index is 0.223. The number of piperazine rings is 1. The molecule has 1 aromatic rings. The number of hydrogen-bond donors (Lipinski definition) is 1. The van der Waals surface area contributed by atoms with Crippen LogP contribution >= 0.6 is 0 Å². The van der Waals surface area contributed by atoms with Crippen LogP contribution in [0.15, 0.2) is 29.2 Å². The molecule has 2 aliphatic heterocycles. The zero-order valence-corrected chi connectivity index (χ0v) is 12.8. The fourth-order valence-electron chi connectivity index (χ4n) is 2.81. The molecule has 1 aromatic carbocycles. The second kappa shape index (κ2) is 5.92. The van der Waals surface area contributed by atoms with E-state index in [1.54, 1.807) is 0 Å². The fraction of sp³-hybridized carbons (Fsp3) is 0.538. The normalized spacial score (nSPS) is 21.5. The van der Waals surface area contributed by atoms with E-state index in [2.05, 4.69) is 10.2 Å². The van der Waals surface area contributed by atoms with E-state index in [0.29, 0.717) is 32.2 Å². The monoisotopic (exact) mass is 326 g/mol. The van der Waals surface area contributed by atoms with E-state index in [-0.39, 0.29) is 10.6 Å². The first-order valence-corrected chi connectivity index (χ1v) is 8.62. The summed E-state index contributed by atoms with van der Waals surface area (Å²) in [5.74, 6) is 0. The molecule has 0 bridgehead atoms. The third-order valence-electron chi connectivity index (χ3n) is 4.23. The van der Waals surface area contributed by atoms with Gasteiger partial charge >= 0.3 is 0 Å². The SMILES string of the molecule is O=[N+]([O-])c1ccccc1S(=O)(=O)N1CCN(C2CNC2)CC1. The number of nitrogens with one attached hydrogen (secondary N) is 1. The Morgan fingerprint density at radius 3 is 2.32 bits per heavy atom. The first kappa shape index (κ1) is 15.3. The third-order valence-corrected chi connectivity index (χ3v) is 6.18. The van der Waals surface area contributed by atoms with Crippen LogP contribution in [-0.2, 0) is 10.0 Å². The van der Waals surface area contributed by atoms with Crippen LogP contribution in [0.25, 0.3) is 0 Å². The van der Waals surface area contributed by atoms with Crippen LogP contribution in [0, 0.1) is 10.1 Å². The molecule has 0 aromatic heterocycles. The van der Waals surface area contributed by atoms with Gasteiger partial charge in [-0.15, -0.1) is 0 Å². The molecular formula is C13H18N4O4S. The van der Waals surface area contributed by atoms with Crippen molar-refractivity contribution in [1.82, 2.24) is 14.5 Å². The minimum Gasteiger partial charge on any atom is -0.314 e. The van der Waals surface area contributed by atoms with Crippen LogP contribution in [0.2, 0.25) is 0 Å². The summed E-state index contributed by atoms with van der Waals surface area (Å²) in [6, 6.07) is 5.99. The fourth-order valence-corrected chi connectivity index (χ4v) is 4.39. The summed E-state index contributed by atoms with van der Waals surface area (Å²) < 4.78 is 26.7. The van der Waals surface area contributed by atoms with Crippen LogP contribution < -0.4 is 5.32 Å². The molecule has 0 unspecified atom stereocenters. The Hall–Kier alpha value is -1.55. The summed E-state index contributed by atoms with van der Waals surface area (Å²) in [5.41, 5.74) is -0.367. The molecule has 1 N–H and O–H groups in total. The molecule has 0 spiro atoms. The lowest BCUT2D eigenvalue weighted by Crippen LogP contribution is -2.62. The van der Waals surface area contributed by atoms with Gasteiger partial charge in [-0.3, -0.25) is 15.0 Å². The molecule has 2 aliphatic rings. The zero-order valence-electron chi connectivity index (χ0n) is 12.0.